The number of hydrogen-bond acceptors (Lipinski definition) is 4. The third-order valence-electron chi connectivity index (χ3n) is 3.93. The molecule has 0 aliphatic heterocycles. The quantitative estimate of drug-likeness (QED) is 0.647. The zero-order valence-corrected chi connectivity index (χ0v) is 12.0. The van der Waals surface area contributed by atoms with Crippen molar-refractivity contribution in [2.24, 2.45) is 5.92 Å². The van der Waals surface area contributed by atoms with E-state index in [0.717, 1.165) is 31.2 Å². The van der Waals surface area contributed by atoms with Gasteiger partial charge in [0.1, 0.15) is 0 Å². The van der Waals surface area contributed by atoms with E-state index in [2.05, 4.69) is 5.32 Å². The van der Waals surface area contributed by atoms with Crippen LogP contribution in [0.1, 0.15) is 31.2 Å². The van der Waals surface area contributed by atoms with Gasteiger partial charge in [0.05, 0.1) is 4.92 Å². The second kappa shape index (κ2) is 7.02. The Hall–Kier alpha value is -1.17. The number of nitro groups is 1. The molecule has 2 rings (SSSR count). The van der Waals surface area contributed by atoms with Crippen molar-refractivity contribution in [1.29, 1.82) is 0 Å². The van der Waals surface area contributed by atoms with Crippen LogP contribution in [0.25, 0.3) is 0 Å². The van der Waals surface area contributed by atoms with Crippen molar-refractivity contribution in [3.8, 4) is 0 Å². The summed E-state index contributed by atoms with van der Waals surface area (Å²) in [4.78, 5) is 10.3. The smallest absolute Gasteiger partial charge is 0.269 e. The molecule has 0 heterocycles. The van der Waals surface area contributed by atoms with Crippen molar-refractivity contribution >= 4 is 17.3 Å². The van der Waals surface area contributed by atoms with Crippen molar-refractivity contribution in [3.63, 3.8) is 0 Å². The van der Waals surface area contributed by atoms with Gasteiger partial charge in [0.25, 0.3) is 5.69 Å². The molecule has 1 aromatic carbocycles. The monoisotopic (exact) mass is 298 g/mol. The minimum absolute atomic E-state index is 0.0650. The van der Waals surface area contributed by atoms with Gasteiger partial charge in [-0.25, -0.2) is 0 Å². The van der Waals surface area contributed by atoms with Crippen molar-refractivity contribution < 1.29 is 10.0 Å². The van der Waals surface area contributed by atoms with Gasteiger partial charge < -0.3 is 10.4 Å². The number of halogens is 1. The molecule has 0 radical (unpaired) electrons. The molecule has 0 saturated heterocycles. The number of nitrogens with zero attached hydrogens (tertiary/aromatic N) is 1. The van der Waals surface area contributed by atoms with E-state index in [1.54, 1.807) is 6.07 Å². The van der Waals surface area contributed by atoms with Gasteiger partial charge in [-0.2, -0.15) is 0 Å². The van der Waals surface area contributed by atoms with Gasteiger partial charge in [-0.05, 0) is 43.2 Å². The first kappa shape index (κ1) is 15.2. The van der Waals surface area contributed by atoms with Crippen LogP contribution in [0.15, 0.2) is 18.2 Å². The zero-order chi connectivity index (χ0) is 14.5. The summed E-state index contributed by atoms with van der Waals surface area (Å²) in [6, 6.07) is 4.90. The average Bonchev–Trinajstić information content (AvgIpc) is 2.46. The highest BCUT2D eigenvalue weighted by Crippen LogP contribution is 2.25. The summed E-state index contributed by atoms with van der Waals surface area (Å²) >= 11 is 6.07. The Morgan fingerprint density at radius 3 is 2.65 bits per heavy atom. The third-order valence-corrected chi connectivity index (χ3v) is 4.29. The Labute approximate surface area is 123 Å². The molecule has 5 nitrogen and oxygen atoms in total. The summed E-state index contributed by atoms with van der Waals surface area (Å²) < 4.78 is 0. The van der Waals surface area contributed by atoms with Gasteiger partial charge in [0.15, 0.2) is 0 Å². The van der Waals surface area contributed by atoms with E-state index in [0.29, 0.717) is 23.5 Å². The maximum atomic E-state index is 10.8. The molecule has 20 heavy (non-hydrogen) atoms. The molecule has 0 bridgehead atoms. The molecule has 1 fully saturated rings. The number of nitro benzene ring substituents is 1. The minimum atomic E-state index is -0.410. The van der Waals surface area contributed by atoms with Crippen LogP contribution in [-0.2, 0) is 6.54 Å². The Balaban J connectivity index is 1.91. The summed E-state index contributed by atoms with van der Waals surface area (Å²) in [5.74, 6) is 0.425. The van der Waals surface area contributed by atoms with Crippen LogP contribution in [0.4, 0.5) is 5.69 Å². The van der Waals surface area contributed by atoms with Crippen LogP contribution in [0.3, 0.4) is 0 Å². The van der Waals surface area contributed by atoms with E-state index in [-0.39, 0.29) is 12.3 Å². The minimum Gasteiger partial charge on any atom is -0.396 e. The number of rotatable bonds is 5. The van der Waals surface area contributed by atoms with Gasteiger partial charge in [-0.1, -0.05) is 11.6 Å². The lowest BCUT2D eigenvalue weighted by molar-refractivity contribution is -0.384. The molecule has 0 unspecified atom stereocenters. The van der Waals surface area contributed by atoms with Crippen LogP contribution in [-0.4, -0.2) is 22.7 Å². The SMILES string of the molecule is O=[N+]([O-])c1ccc(Cl)c(CNC2CCC(CO)CC2)c1. The number of aliphatic hydroxyl groups excluding tert-OH is 1. The van der Waals surface area contributed by atoms with Gasteiger partial charge in [-0.15, -0.1) is 0 Å². The zero-order valence-electron chi connectivity index (χ0n) is 11.2. The maximum Gasteiger partial charge on any atom is 0.269 e. The predicted molar refractivity (Wildman–Crippen MR) is 77.8 cm³/mol. The molecule has 1 aliphatic carbocycles. The van der Waals surface area contributed by atoms with Crippen LogP contribution in [0.5, 0.6) is 0 Å². The maximum absolute atomic E-state index is 10.8. The second-order valence-electron chi connectivity index (χ2n) is 5.31. The Morgan fingerprint density at radius 2 is 2.05 bits per heavy atom. The first-order valence-corrected chi connectivity index (χ1v) is 7.25. The van der Waals surface area contributed by atoms with Gasteiger partial charge in [-0.3, -0.25) is 10.1 Å². The fraction of sp³-hybridized carbons (Fsp3) is 0.571. The van der Waals surface area contributed by atoms with Crippen molar-refractivity contribution in [1.82, 2.24) is 5.32 Å². The molecule has 6 heteroatoms. The number of aliphatic hydroxyl groups is 1. The highest BCUT2D eigenvalue weighted by atomic mass is 35.5. The lowest BCUT2D eigenvalue weighted by atomic mass is 9.86. The van der Waals surface area contributed by atoms with Crippen LogP contribution >= 0.6 is 11.6 Å². The van der Waals surface area contributed by atoms with E-state index < -0.39 is 4.92 Å². The van der Waals surface area contributed by atoms with Crippen molar-refractivity contribution in [2.75, 3.05) is 6.61 Å². The summed E-state index contributed by atoms with van der Waals surface area (Å²) in [6.45, 7) is 0.804. The lowest BCUT2D eigenvalue weighted by Crippen LogP contribution is -2.33. The van der Waals surface area contributed by atoms with E-state index >= 15 is 0 Å². The summed E-state index contributed by atoms with van der Waals surface area (Å²) in [5.41, 5.74) is 0.820. The molecule has 1 aromatic rings. The normalized spacial score (nSPS) is 22.7. The Morgan fingerprint density at radius 1 is 1.35 bits per heavy atom. The number of nitrogens with one attached hydrogen (secondary N) is 1. The van der Waals surface area contributed by atoms with Crippen LogP contribution in [0.2, 0.25) is 5.02 Å². The fourth-order valence-electron chi connectivity index (χ4n) is 2.61. The molecular formula is C14H19ClN2O3. The largest absolute Gasteiger partial charge is 0.396 e. The molecule has 0 aromatic heterocycles. The summed E-state index contributed by atoms with van der Waals surface area (Å²) in [7, 11) is 0. The first-order valence-electron chi connectivity index (χ1n) is 6.87. The fourth-order valence-corrected chi connectivity index (χ4v) is 2.80. The van der Waals surface area contributed by atoms with Gasteiger partial charge in [0, 0.05) is 36.3 Å². The number of benzene rings is 1. The lowest BCUT2D eigenvalue weighted by Gasteiger charge is -2.28. The first-order chi connectivity index (χ1) is 9.60. The molecule has 0 atom stereocenters. The van der Waals surface area contributed by atoms with Crippen molar-refractivity contribution in [3.05, 3.63) is 38.9 Å². The average molecular weight is 299 g/mol. The molecule has 0 amide bonds. The van der Waals surface area contributed by atoms with Crippen LogP contribution in [0, 0.1) is 16.0 Å². The highest BCUT2D eigenvalue weighted by Gasteiger charge is 2.20. The molecule has 110 valence electrons. The van der Waals surface area contributed by atoms with E-state index in [1.165, 1.54) is 12.1 Å². The molecular weight excluding hydrogens is 280 g/mol. The van der Waals surface area contributed by atoms with E-state index in [1.807, 2.05) is 0 Å². The highest BCUT2D eigenvalue weighted by molar-refractivity contribution is 6.31. The van der Waals surface area contributed by atoms with Gasteiger partial charge in [0.2, 0.25) is 0 Å². The van der Waals surface area contributed by atoms with E-state index in [9.17, 15) is 10.1 Å². The molecule has 0 spiro atoms. The predicted octanol–water partition coefficient (Wildman–Crippen LogP) is 2.89. The number of non-ortho nitro benzene ring substituents is 1. The molecule has 1 aliphatic rings. The molecule has 1 saturated carbocycles. The number of hydrogen-bond donors (Lipinski definition) is 2. The Bertz CT molecular complexity index is 473. The van der Waals surface area contributed by atoms with Crippen molar-refractivity contribution in [2.45, 2.75) is 38.3 Å². The standard InChI is InChI=1S/C14H19ClN2O3/c15-14-6-5-13(17(19)20)7-11(14)8-16-12-3-1-10(9-18)2-4-12/h5-7,10,12,16,18H,1-4,8-9H2. The van der Waals surface area contributed by atoms with E-state index in [4.69, 9.17) is 16.7 Å². The second-order valence-corrected chi connectivity index (χ2v) is 5.72. The Kier molecular flexibility index (Phi) is 5.34. The van der Waals surface area contributed by atoms with Gasteiger partial charge >= 0.3 is 0 Å². The molecule has 2 N–H and O–H groups in total. The topological polar surface area (TPSA) is 75.4 Å². The summed E-state index contributed by atoms with van der Waals surface area (Å²) in [6.07, 6.45) is 4.10. The summed E-state index contributed by atoms with van der Waals surface area (Å²) in [5, 5.41) is 23.8. The third kappa shape index (κ3) is 3.91. The van der Waals surface area contributed by atoms with Crippen LogP contribution < -0.4 is 5.32 Å².